The van der Waals surface area contributed by atoms with Crippen molar-refractivity contribution in [3.63, 3.8) is 0 Å². The van der Waals surface area contributed by atoms with Gasteiger partial charge in [0.05, 0.1) is 20.6 Å². The summed E-state index contributed by atoms with van der Waals surface area (Å²) >= 11 is 18.4. The van der Waals surface area contributed by atoms with Crippen LogP contribution < -0.4 is 4.74 Å². The van der Waals surface area contributed by atoms with Crippen molar-refractivity contribution < 1.29 is 41.5 Å². The van der Waals surface area contributed by atoms with Crippen molar-refractivity contribution in [3.05, 3.63) is 51.2 Å². The van der Waals surface area contributed by atoms with Crippen LogP contribution in [0.1, 0.15) is 5.56 Å². The summed E-state index contributed by atoms with van der Waals surface area (Å²) in [7, 11) is -2.67. The van der Waals surface area contributed by atoms with Crippen molar-refractivity contribution in [2.24, 2.45) is 0 Å². The average molecular weight is 586 g/mol. The van der Waals surface area contributed by atoms with Gasteiger partial charge in [0.25, 0.3) is 5.89 Å². The molecule has 3 heterocycles. The molecule has 0 aliphatic rings. The van der Waals surface area contributed by atoms with Gasteiger partial charge in [-0.1, -0.05) is 40.0 Å². The van der Waals surface area contributed by atoms with Gasteiger partial charge < -0.3 is 28.0 Å². The molecule has 10 nitrogen and oxygen atoms in total. The third kappa shape index (κ3) is 5.89. The first-order valence-corrected chi connectivity index (χ1v) is 11.8. The van der Waals surface area contributed by atoms with Crippen LogP contribution in [0.3, 0.4) is 0 Å². The zero-order chi connectivity index (χ0) is 26.2. The summed E-state index contributed by atoms with van der Waals surface area (Å²) in [5.41, 5.74) is -0.616. The molecule has 0 saturated carbocycles. The largest absolute Gasteiger partial charge is 0.484 e. The molecule has 0 unspecified atom stereocenters. The number of fused-ring (bicyclic) bond motifs is 1. The number of ether oxygens (including phenoxy) is 1. The van der Waals surface area contributed by atoms with Gasteiger partial charge in [0.15, 0.2) is 11.4 Å². The van der Waals surface area contributed by atoms with Crippen LogP contribution in [0.25, 0.3) is 28.6 Å². The van der Waals surface area contributed by atoms with Gasteiger partial charge in [0.1, 0.15) is 24.7 Å². The first kappa shape index (κ1) is 26.6. The normalized spacial score (nSPS) is 12.0. The fourth-order valence-electron chi connectivity index (χ4n) is 2.89. The Morgan fingerprint density at radius 3 is 2.50 bits per heavy atom. The Morgan fingerprint density at radius 2 is 1.81 bits per heavy atom. The highest BCUT2D eigenvalue weighted by Gasteiger charge is 2.32. The molecule has 4 rings (SSSR count). The van der Waals surface area contributed by atoms with Gasteiger partial charge in [-0.2, -0.15) is 18.2 Å². The van der Waals surface area contributed by atoms with Crippen molar-refractivity contribution in [1.82, 2.24) is 19.5 Å². The Hall–Kier alpha value is -2.51. The molecule has 0 amide bonds. The molecule has 1 aromatic carbocycles. The van der Waals surface area contributed by atoms with Gasteiger partial charge in [-0.3, -0.25) is 4.79 Å². The number of Topliss-reactive ketones (excluding diaryl/α,β-unsaturated/α-hetero) is 1. The zero-order valence-corrected chi connectivity index (χ0v) is 20.5. The van der Waals surface area contributed by atoms with E-state index < -0.39 is 39.3 Å². The number of halogens is 6. The van der Waals surface area contributed by atoms with E-state index in [1.165, 1.54) is 18.3 Å². The van der Waals surface area contributed by atoms with E-state index in [0.717, 1.165) is 16.7 Å². The quantitative estimate of drug-likeness (QED) is 0.268. The Morgan fingerprint density at radius 1 is 1.06 bits per heavy atom. The summed E-state index contributed by atoms with van der Waals surface area (Å²) in [6, 6.07) is 3.42. The molecule has 0 saturated heterocycles. The van der Waals surface area contributed by atoms with Gasteiger partial charge in [0, 0.05) is 24.0 Å². The van der Waals surface area contributed by atoms with Crippen molar-refractivity contribution in [2.45, 2.75) is 6.18 Å². The van der Waals surface area contributed by atoms with Crippen LogP contribution in [0, 0.1) is 0 Å². The molecule has 0 aliphatic heterocycles. The second kappa shape index (κ2) is 10.5. The lowest BCUT2D eigenvalue weighted by Crippen LogP contribution is -2.16. The maximum atomic E-state index is 13.1. The van der Waals surface area contributed by atoms with Crippen LogP contribution in [0.15, 0.2) is 35.1 Å². The van der Waals surface area contributed by atoms with Crippen LogP contribution in [-0.4, -0.2) is 48.3 Å². The third-order valence-corrected chi connectivity index (χ3v) is 5.72. The minimum atomic E-state index is -4.60. The number of hydrogen-bond donors (Lipinski definition) is 2. The number of imidazole rings is 1. The topological polar surface area (TPSA) is 132 Å². The van der Waals surface area contributed by atoms with E-state index >= 15 is 0 Å². The number of ketones is 1. The molecule has 190 valence electrons. The first-order valence-electron chi connectivity index (χ1n) is 9.46. The lowest BCUT2D eigenvalue weighted by atomic mass is 10.2. The molecule has 0 atom stereocenters. The van der Waals surface area contributed by atoms with Gasteiger partial charge >= 0.3 is 14.8 Å². The number of carbonyl (C=O) groups is 1. The molecular formula is C19H11Cl3F3N4O6P. The fourth-order valence-corrected chi connectivity index (χ4v) is 3.87. The van der Waals surface area contributed by atoms with E-state index in [9.17, 15) is 18.0 Å². The predicted molar refractivity (Wildman–Crippen MR) is 122 cm³/mol. The summed E-state index contributed by atoms with van der Waals surface area (Å²) in [5, 5.41) is 3.71. The number of aromatic nitrogens is 4. The summed E-state index contributed by atoms with van der Waals surface area (Å²) in [5.74, 6) is -0.664. The smallest absolute Gasteiger partial charge is 0.417 e. The Labute approximate surface area is 215 Å². The molecule has 2 N–H and O–H groups in total. The van der Waals surface area contributed by atoms with Crippen LogP contribution in [0.4, 0.5) is 13.2 Å². The van der Waals surface area contributed by atoms with E-state index in [2.05, 4.69) is 19.6 Å². The first-order chi connectivity index (χ1) is 16.9. The van der Waals surface area contributed by atoms with Crippen molar-refractivity contribution in [2.75, 3.05) is 13.2 Å². The summed E-state index contributed by atoms with van der Waals surface area (Å²) in [4.78, 5) is 37.3. The number of benzene rings is 1. The van der Waals surface area contributed by atoms with Crippen LogP contribution >= 0.6 is 43.4 Å². The molecule has 0 spiro atoms. The van der Waals surface area contributed by atoms with E-state index in [4.69, 9.17) is 53.8 Å². The average Bonchev–Trinajstić information content (AvgIpc) is 3.45. The molecule has 0 fully saturated rings. The molecule has 17 heteroatoms. The molecule has 0 radical (unpaired) electrons. The van der Waals surface area contributed by atoms with E-state index in [1.54, 1.807) is 0 Å². The minimum Gasteiger partial charge on any atom is -0.484 e. The number of pyridine rings is 1. The highest BCUT2D eigenvalue weighted by Crippen LogP contribution is 2.37. The highest BCUT2D eigenvalue weighted by molar-refractivity contribution is 7.39. The third-order valence-electron chi connectivity index (χ3n) is 4.47. The van der Waals surface area contributed by atoms with Gasteiger partial charge in [0.2, 0.25) is 5.82 Å². The lowest BCUT2D eigenvalue weighted by Gasteiger charge is -2.10. The Balaban J connectivity index is 1.56. The lowest BCUT2D eigenvalue weighted by molar-refractivity contribution is -0.137. The monoisotopic (exact) mass is 584 g/mol. The van der Waals surface area contributed by atoms with E-state index in [-0.39, 0.29) is 49.4 Å². The van der Waals surface area contributed by atoms with Crippen molar-refractivity contribution in [3.8, 4) is 28.7 Å². The summed E-state index contributed by atoms with van der Waals surface area (Å²) in [6.07, 6.45) is -2.53. The molecule has 4 aromatic rings. The zero-order valence-electron chi connectivity index (χ0n) is 17.3. The van der Waals surface area contributed by atoms with Gasteiger partial charge in [-0.15, -0.1) is 0 Å². The minimum absolute atomic E-state index is 0.00805. The van der Waals surface area contributed by atoms with Crippen molar-refractivity contribution in [1.29, 1.82) is 0 Å². The highest BCUT2D eigenvalue weighted by atomic mass is 35.5. The standard InChI is InChI=1S/C19H11Cl3F3N4O6P/c20-11-3-15(33-6-9(30)7-34-36(31)32)12(21)2-10(11)16-27-18(35-28-16)14-5-29-4-8(19(23,24)25)1-13(22)17(29)26-14/h1-5,31-32H,6-7H2. The second-order valence-electron chi connectivity index (χ2n) is 6.97. The van der Waals surface area contributed by atoms with Crippen LogP contribution in [0.2, 0.25) is 15.1 Å². The van der Waals surface area contributed by atoms with Gasteiger partial charge in [-0.25, -0.2) is 4.98 Å². The van der Waals surface area contributed by atoms with Crippen molar-refractivity contribution >= 4 is 54.8 Å². The maximum Gasteiger partial charge on any atom is 0.417 e. The molecule has 3 aromatic heterocycles. The SMILES string of the molecule is O=C(COc1cc(Cl)c(-c2noc(-c3cn4cc(C(F)(F)F)cc(Cl)c4n3)n2)cc1Cl)COP(O)O. The molecule has 36 heavy (non-hydrogen) atoms. The number of rotatable bonds is 8. The Bertz CT molecular complexity index is 1450. The predicted octanol–water partition coefficient (Wildman–Crippen LogP) is 5.21. The van der Waals surface area contributed by atoms with Gasteiger partial charge in [-0.05, 0) is 12.1 Å². The fraction of sp³-hybridized carbons (Fsp3) is 0.158. The van der Waals surface area contributed by atoms with Crippen LogP contribution in [-0.2, 0) is 15.5 Å². The number of carbonyl (C=O) groups excluding carboxylic acids is 1. The van der Waals surface area contributed by atoms with E-state index in [0.29, 0.717) is 0 Å². The number of hydrogen-bond acceptors (Lipinski definition) is 9. The maximum absolute atomic E-state index is 13.1. The van der Waals surface area contributed by atoms with E-state index in [1.807, 2.05) is 0 Å². The second-order valence-corrected chi connectivity index (χ2v) is 8.96. The molecule has 0 bridgehead atoms. The molecular weight excluding hydrogens is 575 g/mol. The van der Waals surface area contributed by atoms with Crippen LogP contribution in [0.5, 0.6) is 5.75 Å². The Kier molecular flexibility index (Phi) is 7.72. The summed E-state index contributed by atoms with van der Waals surface area (Å²) in [6.45, 7) is -1.04. The summed E-state index contributed by atoms with van der Waals surface area (Å²) < 4.78 is 55.2. The number of alkyl halides is 3. The number of nitrogens with zero attached hydrogens (tertiary/aromatic N) is 4. The molecule has 0 aliphatic carbocycles.